The fourth-order valence-corrected chi connectivity index (χ4v) is 1.75. The highest BCUT2D eigenvalue weighted by Crippen LogP contribution is 2.11. The molecule has 2 heterocycles. The summed E-state index contributed by atoms with van der Waals surface area (Å²) < 4.78 is 0. The van der Waals surface area contributed by atoms with Crippen molar-refractivity contribution in [3.63, 3.8) is 0 Å². The SMILES string of the molecule is N#Cc1cc(NCc2cccs2)ncn1. The minimum atomic E-state index is 0.374. The van der Waals surface area contributed by atoms with Crippen molar-refractivity contribution < 1.29 is 0 Å². The van der Waals surface area contributed by atoms with E-state index in [4.69, 9.17) is 5.26 Å². The van der Waals surface area contributed by atoms with E-state index in [0.29, 0.717) is 11.5 Å². The molecule has 2 aromatic rings. The van der Waals surface area contributed by atoms with Gasteiger partial charge in [0.25, 0.3) is 0 Å². The molecule has 0 radical (unpaired) electrons. The first kappa shape index (κ1) is 9.62. The molecule has 0 amide bonds. The van der Waals surface area contributed by atoms with E-state index < -0.39 is 0 Å². The van der Waals surface area contributed by atoms with Gasteiger partial charge >= 0.3 is 0 Å². The molecule has 0 saturated heterocycles. The maximum atomic E-state index is 8.65. The second kappa shape index (κ2) is 4.53. The molecule has 2 aromatic heterocycles. The molecule has 15 heavy (non-hydrogen) atoms. The Morgan fingerprint density at radius 3 is 3.13 bits per heavy atom. The first-order chi connectivity index (χ1) is 7.38. The van der Waals surface area contributed by atoms with E-state index in [2.05, 4.69) is 15.3 Å². The van der Waals surface area contributed by atoms with Crippen LogP contribution in [-0.2, 0) is 6.54 Å². The summed E-state index contributed by atoms with van der Waals surface area (Å²) in [5.41, 5.74) is 0.374. The lowest BCUT2D eigenvalue weighted by atomic mass is 10.4. The molecule has 0 aromatic carbocycles. The summed E-state index contributed by atoms with van der Waals surface area (Å²) >= 11 is 1.68. The number of thiophene rings is 1. The molecule has 2 rings (SSSR count). The predicted molar refractivity (Wildman–Crippen MR) is 58.4 cm³/mol. The normalized spacial score (nSPS) is 9.53. The summed E-state index contributed by atoms with van der Waals surface area (Å²) in [6.07, 6.45) is 1.38. The maximum Gasteiger partial charge on any atom is 0.145 e. The molecule has 0 bridgehead atoms. The van der Waals surface area contributed by atoms with Crippen LogP contribution in [0.5, 0.6) is 0 Å². The van der Waals surface area contributed by atoms with Crippen LogP contribution in [0.2, 0.25) is 0 Å². The summed E-state index contributed by atoms with van der Waals surface area (Å²) in [5.74, 6) is 0.676. The molecule has 0 atom stereocenters. The second-order valence-electron chi connectivity index (χ2n) is 2.83. The van der Waals surface area contributed by atoms with E-state index in [1.807, 2.05) is 23.6 Å². The van der Waals surface area contributed by atoms with E-state index in [-0.39, 0.29) is 0 Å². The first-order valence-corrected chi connectivity index (χ1v) is 5.25. The number of nitrogens with zero attached hydrogens (tertiary/aromatic N) is 3. The van der Waals surface area contributed by atoms with Crippen LogP contribution in [0.1, 0.15) is 10.6 Å². The lowest BCUT2D eigenvalue weighted by molar-refractivity contribution is 1.09. The molecule has 0 aliphatic heterocycles. The van der Waals surface area contributed by atoms with E-state index >= 15 is 0 Å². The summed E-state index contributed by atoms with van der Waals surface area (Å²) in [7, 11) is 0. The number of anilines is 1. The van der Waals surface area contributed by atoms with Crippen molar-refractivity contribution in [3.05, 3.63) is 40.5 Å². The van der Waals surface area contributed by atoms with Gasteiger partial charge < -0.3 is 5.32 Å². The summed E-state index contributed by atoms with van der Waals surface area (Å²) in [6, 6.07) is 7.65. The number of rotatable bonds is 3. The van der Waals surface area contributed by atoms with Gasteiger partial charge in [0.05, 0.1) is 6.54 Å². The van der Waals surface area contributed by atoms with Crippen LogP contribution in [0.15, 0.2) is 29.9 Å². The fraction of sp³-hybridized carbons (Fsp3) is 0.100. The van der Waals surface area contributed by atoms with Crippen LogP contribution in [0.3, 0.4) is 0 Å². The van der Waals surface area contributed by atoms with Crippen molar-refractivity contribution in [1.82, 2.24) is 9.97 Å². The van der Waals surface area contributed by atoms with Gasteiger partial charge in [0.2, 0.25) is 0 Å². The van der Waals surface area contributed by atoms with Crippen molar-refractivity contribution >= 4 is 17.2 Å². The van der Waals surface area contributed by atoms with Crippen LogP contribution in [0.25, 0.3) is 0 Å². The third-order valence-corrected chi connectivity index (χ3v) is 2.68. The van der Waals surface area contributed by atoms with Crippen LogP contribution < -0.4 is 5.32 Å². The maximum absolute atomic E-state index is 8.65. The molecule has 0 spiro atoms. The van der Waals surface area contributed by atoms with Gasteiger partial charge in [0.15, 0.2) is 0 Å². The zero-order chi connectivity index (χ0) is 10.5. The highest BCUT2D eigenvalue weighted by Gasteiger charge is 1.98. The number of nitriles is 1. The number of nitrogens with one attached hydrogen (secondary N) is 1. The standard InChI is InChI=1S/C10H8N4S/c11-5-8-4-10(14-7-13-8)12-6-9-2-1-3-15-9/h1-4,7H,6H2,(H,12,13,14). The minimum Gasteiger partial charge on any atom is -0.365 e. The zero-order valence-electron chi connectivity index (χ0n) is 7.84. The number of aromatic nitrogens is 2. The molecular formula is C10H8N4S. The Morgan fingerprint density at radius 2 is 2.40 bits per heavy atom. The van der Waals surface area contributed by atoms with Gasteiger partial charge in [-0.3, -0.25) is 0 Å². The summed E-state index contributed by atoms with van der Waals surface area (Å²) in [5, 5.41) is 13.8. The molecule has 0 saturated carbocycles. The Morgan fingerprint density at radius 1 is 1.47 bits per heavy atom. The topological polar surface area (TPSA) is 61.6 Å². The van der Waals surface area contributed by atoms with E-state index in [1.54, 1.807) is 17.4 Å². The smallest absolute Gasteiger partial charge is 0.145 e. The Bertz CT molecular complexity index is 472. The predicted octanol–water partition coefficient (Wildman–Crippen LogP) is 2.02. The van der Waals surface area contributed by atoms with Crippen LogP contribution in [0, 0.1) is 11.3 Å². The van der Waals surface area contributed by atoms with Gasteiger partial charge in [-0.1, -0.05) is 6.07 Å². The molecule has 74 valence electrons. The van der Waals surface area contributed by atoms with E-state index in [9.17, 15) is 0 Å². The van der Waals surface area contributed by atoms with Gasteiger partial charge in [-0.15, -0.1) is 11.3 Å². The lowest BCUT2D eigenvalue weighted by Crippen LogP contribution is -2.00. The molecule has 4 nitrogen and oxygen atoms in total. The summed E-state index contributed by atoms with van der Waals surface area (Å²) in [4.78, 5) is 9.04. The van der Waals surface area contributed by atoms with Crippen molar-refractivity contribution in [2.75, 3.05) is 5.32 Å². The largest absolute Gasteiger partial charge is 0.365 e. The van der Waals surface area contributed by atoms with Crippen LogP contribution >= 0.6 is 11.3 Å². The third kappa shape index (κ3) is 2.51. The Balaban J connectivity index is 2.02. The summed E-state index contributed by atoms with van der Waals surface area (Å²) in [6.45, 7) is 0.722. The van der Waals surface area contributed by atoms with Gasteiger partial charge in [-0.2, -0.15) is 5.26 Å². The van der Waals surface area contributed by atoms with Crippen LogP contribution in [0.4, 0.5) is 5.82 Å². The van der Waals surface area contributed by atoms with Crippen molar-refractivity contribution in [3.8, 4) is 6.07 Å². The fourth-order valence-electron chi connectivity index (χ4n) is 1.11. The third-order valence-electron chi connectivity index (χ3n) is 1.81. The van der Waals surface area contributed by atoms with Gasteiger partial charge in [0.1, 0.15) is 23.9 Å². The Hall–Kier alpha value is -1.93. The monoisotopic (exact) mass is 216 g/mol. The van der Waals surface area contributed by atoms with E-state index in [1.165, 1.54) is 11.2 Å². The highest BCUT2D eigenvalue weighted by molar-refractivity contribution is 7.09. The molecule has 0 aliphatic rings. The number of hydrogen-bond acceptors (Lipinski definition) is 5. The van der Waals surface area contributed by atoms with Crippen molar-refractivity contribution in [1.29, 1.82) is 5.26 Å². The van der Waals surface area contributed by atoms with Crippen molar-refractivity contribution in [2.24, 2.45) is 0 Å². The molecule has 0 unspecified atom stereocenters. The highest BCUT2D eigenvalue weighted by atomic mass is 32.1. The zero-order valence-corrected chi connectivity index (χ0v) is 8.66. The van der Waals surface area contributed by atoms with Gasteiger partial charge in [-0.25, -0.2) is 9.97 Å². The molecule has 5 heteroatoms. The minimum absolute atomic E-state index is 0.374. The van der Waals surface area contributed by atoms with Gasteiger partial charge in [0, 0.05) is 10.9 Å². The average molecular weight is 216 g/mol. The molecule has 0 fully saturated rings. The van der Waals surface area contributed by atoms with Gasteiger partial charge in [-0.05, 0) is 11.4 Å². The van der Waals surface area contributed by atoms with E-state index in [0.717, 1.165) is 6.54 Å². The Kier molecular flexibility index (Phi) is 2.90. The molecule has 0 aliphatic carbocycles. The quantitative estimate of drug-likeness (QED) is 0.852. The second-order valence-corrected chi connectivity index (χ2v) is 3.87. The first-order valence-electron chi connectivity index (χ1n) is 4.37. The van der Waals surface area contributed by atoms with Crippen LogP contribution in [-0.4, -0.2) is 9.97 Å². The molecular weight excluding hydrogens is 208 g/mol. The van der Waals surface area contributed by atoms with Crippen molar-refractivity contribution in [2.45, 2.75) is 6.54 Å². The molecule has 1 N–H and O–H groups in total. The Labute approximate surface area is 91.2 Å². The number of hydrogen-bond donors (Lipinski definition) is 1. The average Bonchev–Trinajstić information content (AvgIpc) is 2.79. The lowest BCUT2D eigenvalue weighted by Gasteiger charge is -2.02.